The van der Waals surface area contributed by atoms with E-state index in [0.717, 1.165) is 36.7 Å². The maximum atomic E-state index is 12.9. The van der Waals surface area contributed by atoms with Crippen LogP contribution in [0.5, 0.6) is 17.2 Å². The third-order valence-electron chi connectivity index (χ3n) is 4.33. The Morgan fingerprint density at radius 1 is 1.08 bits per heavy atom. The van der Waals surface area contributed by atoms with E-state index in [2.05, 4.69) is 4.90 Å². The van der Waals surface area contributed by atoms with E-state index in [1.807, 2.05) is 18.2 Å². The minimum absolute atomic E-state index is 0.0195. The molecule has 0 aromatic heterocycles. The van der Waals surface area contributed by atoms with Crippen LogP contribution in [0.15, 0.2) is 42.5 Å². The van der Waals surface area contributed by atoms with Gasteiger partial charge in [-0.05, 0) is 42.0 Å². The Kier molecular flexibility index (Phi) is 6.30. The van der Waals surface area contributed by atoms with Gasteiger partial charge in [-0.1, -0.05) is 6.07 Å². The average Bonchev–Trinajstić information content (AvgIpc) is 2.68. The Hall–Kier alpha value is -2.31. The van der Waals surface area contributed by atoms with Crippen LogP contribution in [0.4, 0.5) is 4.39 Å². The maximum Gasteiger partial charge on any atom is 0.161 e. The van der Waals surface area contributed by atoms with Crippen molar-refractivity contribution in [1.82, 2.24) is 4.90 Å². The predicted octanol–water partition coefficient (Wildman–Crippen LogP) is 3.12. The van der Waals surface area contributed by atoms with Crippen LogP contribution in [0.3, 0.4) is 0 Å². The first-order valence-corrected chi connectivity index (χ1v) is 8.61. The number of hydrogen-bond donors (Lipinski definition) is 0. The molecule has 1 heterocycles. The third kappa shape index (κ3) is 4.86. The molecule has 6 heteroatoms. The van der Waals surface area contributed by atoms with Crippen LogP contribution >= 0.6 is 0 Å². The van der Waals surface area contributed by atoms with E-state index in [4.69, 9.17) is 18.9 Å². The Morgan fingerprint density at radius 2 is 1.85 bits per heavy atom. The highest BCUT2D eigenvalue weighted by Crippen LogP contribution is 2.28. The summed E-state index contributed by atoms with van der Waals surface area (Å²) >= 11 is 0. The fourth-order valence-corrected chi connectivity index (χ4v) is 2.98. The molecule has 1 saturated heterocycles. The van der Waals surface area contributed by atoms with Crippen molar-refractivity contribution in [1.29, 1.82) is 0 Å². The molecule has 0 bridgehead atoms. The smallest absolute Gasteiger partial charge is 0.161 e. The van der Waals surface area contributed by atoms with Crippen LogP contribution in [0, 0.1) is 5.82 Å². The summed E-state index contributed by atoms with van der Waals surface area (Å²) in [6, 6.07) is 12.0. The van der Waals surface area contributed by atoms with Crippen LogP contribution in [0.1, 0.15) is 5.56 Å². The Bertz CT molecular complexity index is 707. The number of morpholine rings is 1. The highest BCUT2D eigenvalue weighted by atomic mass is 19.1. The summed E-state index contributed by atoms with van der Waals surface area (Å²) in [5.74, 6) is 1.83. The van der Waals surface area contributed by atoms with Crippen molar-refractivity contribution in [2.75, 3.05) is 40.5 Å². The van der Waals surface area contributed by atoms with Crippen LogP contribution < -0.4 is 14.2 Å². The molecule has 0 saturated carbocycles. The van der Waals surface area contributed by atoms with Crippen molar-refractivity contribution in [2.24, 2.45) is 0 Å². The zero-order valence-corrected chi connectivity index (χ0v) is 15.1. The summed E-state index contributed by atoms with van der Waals surface area (Å²) < 4.78 is 35.1. The zero-order valence-electron chi connectivity index (χ0n) is 15.1. The normalized spacial score (nSPS) is 17.7. The van der Waals surface area contributed by atoms with Crippen molar-refractivity contribution in [2.45, 2.75) is 12.6 Å². The lowest BCUT2D eigenvalue weighted by Gasteiger charge is -2.32. The first kappa shape index (κ1) is 18.5. The lowest BCUT2D eigenvalue weighted by atomic mass is 10.1. The molecule has 0 spiro atoms. The van der Waals surface area contributed by atoms with Gasteiger partial charge in [-0.15, -0.1) is 0 Å². The van der Waals surface area contributed by atoms with Crippen molar-refractivity contribution < 1.29 is 23.3 Å². The van der Waals surface area contributed by atoms with Gasteiger partial charge in [-0.25, -0.2) is 4.39 Å². The monoisotopic (exact) mass is 361 g/mol. The van der Waals surface area contributed by atoms with Crippen molar-refractivity contribution in [3.8, 4) is 17.2 Å². The molecule has 1 fully saturated rings. The fourth-order valence-electron chi connectivity index (χ4n) is 2.98. The topological polar surface area (TPSA) is 40.2 Å². The van der Waals surface area contributed by atoms with Gasteiger partial charge in [0, 0.05) is 19.6 Å². The molecule has 0 amide bonds. The lowest BCUT2D eigenvalue weighted by Crippen LogP contribution is -2.44. The molecular weight excluding hydrogens is 337 g/mol. The largest absolute Gasteiger partial charge is 0.493 e. The molecule has 26 heavy (non-hydrogen) atoms. The molecular formula is C20H24FNO4. The number of rotatable bonds is 7. The first-order valence-electron chi connectivity index (χ1n) is 8.61. The Balaban J connectivity index is 1.54. The van der Waals surface area contributed by atoms with E-state index in [-0.39, 0.29) is 11.9 Å². The fraction of sp³-hybridized carbons (Fsp3) is 0.400. The van der Waals surface area contributed by atoms with Gasteiger partial charge in [0.05, 0.1) is 20.8 Å². The minimum Gasteiger partial charge on any atom is -0.493 e. The summed E-state index contributed by atoms with van der Waals surface area (Å²) in [4.78, 5) is 2.32. The average molecular weight is 361 g/mol. The van der Waals surface area contributed by atoms with Gasteiger partial charge in [0.25, 0.3) is 0 Å². The second-order valence-electron chi connectivity index (χ2n) is 6.18. The summed E-state index contributed by atoms with van der Waals surface area (Å²) in [6.45, 7) is 3.53. The molecule has 3 rings (SSSR count). The summed E-state index contributed by atoms with van der Waals surface area (Å²) in [5, 5.41) is 0. The number of benzene rings is 2. The zero-order chi connectivity index (χ0) is 18.4. The molecule has 2 aromatic carbocycles. The van der Waals surface area contributed by atoms with Gasteiger partial charge in [0.15, 0.2) is 11.5 Å². The van der Waals surface area contributed by atoms with E-state index in [1.165, 1.54) is 12.1 Å². The number of ether oxygens (including phenoxy) is 4. The molecule has 140 valence electrons. The van der Waals surface area contributed by atoms with E-state index in [1.54, 1.807) is 26.4 Å². The van der Waals surface area contributed by atoms with Gasteiger partial charge >= 0.3 is 0 Å². The standard InChI is InChI=1S/C20H24FNO4/c1-23-19-8-3-15(11-20(19)24-2)12-22-9-10-25-18(13-22)14-26-17-6-4-16(21)5-7-17/h3-8,11,18H,9-10,12-14H2,1-2H3. The molecule has 1 aliphatic heterocycles. The van der Waals surface area contributed by atoms with Crippen LogP contribution in [0.2, 0.25) is 0 Å². The molecule has 0 radical (unpaired) electrons. The van der Waals surface area contributed by atoms with Crippen molar-refractivity contribution in [3.05, 3.63) is 53.8 Å². The highest BCUT2D eigenvalue weighted by Gasteiger charge is 2.21. The predicted molar refractivity (Wildman–Crippen MR) is 96.5 cm³/mol. The second-order valence-corrected chi connectivity index (χ2v) is 6.18. The van der Waals surface area contributed by atoms with Crippen molar-refractivity contribution >= 4 is 0 Å². The van der Waals surface area contributed by atoms with Gasteiger partial charge in [-0.3, -0.25) is 4.90 Å². The minimum atomic E-state index is -0.271. The van der Waals surface area contributed by atoms with Crippen molar-refractivity contribution in [3.63, 3.8) is 0 Å². The van der Waals surface area contributed by atoms with E-state index >= 15 is 0 Å². The molecule has 5 nitrogen and oxygen atoms in total. The SMILES string of the molecule is COc1ccc(CN2CCOC(COc3ccc(F)cc3)C2)cc1OC. The molecule has 1 unspecified atom stereocenters. The Morgan fingerprint density at radius 3 is 2.58 bits per heavy atom. The summed E-state index contributed by atoms with van der Waals surface area (Å²) in [6.07, 6.45) is -0.0195. The molecule has 0 aliphatic carbocycles. The van der Waals surface area contributed by atoms with Crippen LogP contribution in [-0.4, -0.2) is 51.5 Å². The number of halogens is 1. The van der Waals surface area contributed by atoms with E-state index < -0.39 is 0 Å². The second kappa shape index (κ2) is 8.87. The quantitative estimate of drug-likeness (QED) is 0.758. The van der Waals surface area contributed by atoms with E-state index in [0.29, 0.717) is 19.0 Å². The van der Waals surface area contributed by atoms with Gasteiger partial charge in [0.1, 0.15) is 24.3 Å². The third-order valence-corrected chi connectivity index (χ3v) is 4.33. The van der Waals surface area contributed by atoms with Gasteiger partial charge in [-0.2, -0.15) is 0 Å². The highest BCUT2D eigenvalue weighted by molar-refractivity contribution is 5.42. The number of methoxy groups -OCH3 is 2. The molecule has 2 aromatic rings. The lowest BCUT2D eigenvalue weighted by molar-refractivity contribution is -0.0504. The van der Waals surface area contributed by atoms with Gasteiger partial charge < -0.3 is 18.9 Å². The maximum absolute atomic E-state index is 12.9. The summed E-state index contributed by atoms with van der Waals surface area (Å²) in [5.41, 5.74) is 1.16. The first-order chi connectivity index (χ1) is 12.7. The van der Waals surface area contributed by atoms with E-state index in [9.17, 15) is 4.39 Å². The molecule has 0 N–H and O–H groups in total. The van der Waals surface area contributed by atoms with Gasteiger partial charge in [0.2, 0.25) is 0 Å². The number of hydrogen-bond acceptors (Lipinski definition) is 5. The molecule has 1 atom stereocenters. The molecule has 1 aliphatic rings. The summed E-state index contributed by atoms with van der Waals surface area (Å²) in [7, 11) is 3.27. The number of nitrogens with zero attached hydrogens (tertiary/aromatic N) is 1. The Labute approximate surface area is 153 Å². The van der Waals surface area contributed by atoms with Crippen LogP contribution in [-0.2, 0) is 11.3 Å². The van der Waals surface area contributed by atoms with Crippen LogP contribution in [0.25, 0.3) is 0 Å².